The van der Waals surface area contributed by atoms with E-state index in [-0.39, 0.29) is 22.4 Å². The summed E-state index contributed by atoms with van der Waals surface area (Å²) in [7, 11) is 0. The van der Waals surface area contributed by atoms with Gasteiger partial charge in [-0.15, -0.1) is 0 Å². The van der Waals surface area contributed by atoms with Gasteiger partial charge < -0.3 is 16.4 Å². The number of non-ortho nitro benzene ring substituents is 1. The molecule has 2 rings (SSSR count). The number of nitrogens with two attached hydrogens (primary N) is 1. The second-order valence-electron chi connectivity index (χ2n) is 5.77. The van der Waals surface area contributed by atoms with E-state index >= 15 is 0 Å². The molecule has 1 aliphatic carbocycles. The number of nitro groups is 1. The molecule has 0 aliphatic heterocycles. The molecule has 24 heavy (non-hydrogen) atoms. The van der Waals surface area contributed by atoms with Crippen molar-refractivity contribution in [2.45, 2.75) is 38.1 Å². The fraction of sp³-hybridized carbons (Fsp3) is 0.467. The van der Waals surface area contributed by atoms with E-state index < -0.39 is 22.8 Å². The SMILES string of the molecule is NC(=O)[C@H]1CCCCC[C@H]1NC(=O)Nc1ccc([N+](=O)[O-])cc1Cl. The molecule has 1 aromatic carbocycles. The van der Waals surface area contributed by atoms with Gasteiger partial charge in [0.15, 0.2) is 0 Å². The van der Waals surface area contributed by atoms with Crippen molar-refractivity contribution in [3.8, 4) is 0 Å². The van der Waals surface area contributed by atoms with Crippen molar-refractivity contribution in [3.63, 3.8) is 0 Å². The summed E-state index contributed by atoms with van der Waals surface area (Å²) in [6.07, 6.45) is 4.14. The van der Waals surface area contributed by atoms with E-state index in [1.165, 1.54) is 12.1 Å². The number of nitro benzene ring substituents is 1. The molecular formula is C15H19ClN4O4. The maximum absolute atomic E-state index is 12.2. The van der Waals surface area contributed by atoms with Gasteiger partial charge in [-0.25, -0.2) is 4.79 Å². The molecule has 3 amide bonds. The number of anilines is 1. The fourth-order valence-corrected chi connectivity index (χ4v) is 3.09. The Morgan fingerprint density at radius 1 is 1.25 bits per heavy atom. The molecule has 1 aliphatic rings. The van der Waals surface area contributed by atoms with E-state index in [2.05, 4.69) is 10.6 Å². The number of halogens is 1. The van der Waals surface area contributed by atoms with Crippen LogP contribution in [0, 0.1) is 16.0 Å². The van der Waals surface area contributed by atoms with E-state index in [1.54, 1.807) is 0 Å². The summed E-state index contributed by atoms with van der Waals surface area (Å²) in [5, 5.41) is 16.1. The van der Waals surface area contributed by atoms with E-state index in [1.807, 2.05) is 0 Å². The molecule has 0 spiro atoms. The first-order chi connectivity index (χ1) is 11.4. The summed E-state index contributed by atoms with van der Waals surface area (Å²) < 4.78 is 0. The summed E-state index contributed by atoms with van der Waals surface area (Å²) in [6, 6.07) is 2.92. The third kappa shape index (κ3) is 4.58. The monoisotopic (exact) mass is 354 g/mol. The number of benzene rings is 1. The minimum atomic E-state index is -0.571. The van der Waals surface area contributed by atoms with Gasteiger partial charge in [0.1, 0.15) is 0 Å². The first-order valence-corrected chi connectivity index (χ1v) is 8.07. The van der Waals surface area contributed by atoms with Gasteiger partial charge in [0.05, 0.1) is 21.6 Å². The molecule has 9 heteroatoms. The van der Waals surface area contributed by atoms with Crippen molar-refractivity contribution < 1.29 is 14.5 Å². The molecule has 1 fully saturated rings. The van der Waals surface area contributed by atoms with Gasteiger partial charge >= 0.3 is 6.03 Å². The summed E-state index contributed by atoms with van der Waals surface area (Å²) in [6.45, 7) is 0. The second kappa shape index (κ2) is 7.96. The number of hydrogen-bond donors (Lipinski definition) is 3. The number of rotatable bonds is 4. The number of carbonyl (C=O) groups is 2. The molecule has 4 N–H and O–H groups in total. The predicted octanol–water partition coefficient (Wildman–Crippen LogP) is 2.80. The van der Waals surface area contributed by atoms with Crippen LogP contribution in [-0.4, -0.2) is 22.9 Å². The number of urea groups is 1. The summed E-state index contributed by atoms with van der Waals surface area (Å²) in [4.78, 5) is 33.9. The predicted molar refractivity (Wildman–Crippen MR) is 89.8 cm³/mol. The van der Waals surface area contributed by atoms with Crippen LogP contribution in [-0.2, 0) is 4.79 Å². The van der Waals surface area contributed by atoms with Crippen molar-refractivity contribution in [1.82, 2.24) is 5.32 Å². The van der Waals surface area contributed by atoms with Gasteiger partial charge in [0.25, 0.3) is 5.69 Å². The molecule has 1 saturated carbocycles. The molecule has 0 heterocycles. The highest BCUT2D eigenvalue weighted by molar-refractivity contribution is 6.33. The molecule has 8 nitrogen and oxygen atoms in total. The minimum Gasteiger partial charge on any atom is -0.369 e. The number of carbonyl (C=O) groups excluding carboxylic acids is 2. The zero-order valence-electron chi connectivity index (χ0n) is 13.0. The lowest BCUT2D eigenvalue weighted by molar-refractivity contribution is -0.384. The molecule has 0 aromatic heterocycles. The molecule has 1 aromatic rings. The Kier molecular flexibility index (Phi) is 5.97. The highest BCUT2D eigenvalue weighted by Crippen LogP contribution is 2.27. The zero-order chi connectivity index (χ0) is 17.7. The Bertz CT molecular complexity index is 652. The molecule has 0 unspecified atom stereocenters. The molecule has 0 saturated heterocycles. The molecular weight excluding hydrogens is 336 g/mol. The first kappa shape index (κ1) is 18.0. The summed E-state index contributed by atoms with van der Waals surface area (Å²) >= 11 is 5.94. The largest absolute Gasteiger partial charge is 0.369 e. The maximum Gasteiger partial charge on any atom is 0.319 e. The average Bonchev–Trinajstić information content (AvgIpc) is 2.74. The lowest BCUT2D eigenvalue weighted by Crippen LogP contribution is -2.46. The van der Waals surface area contributed by atoms with E-state index in [0.29, 0.717) is 12.8 Å². The Morgan fingerprint density at radius 2 is 1.96 bits per heavy atom. The number of hydrogen-bond acceptors (Lipinski definition) is 4. The van der Waals surface area contributed by atoms with E-state index in [0.717, 1.165) is 25.3 Å². The van der Waals surface area contributed by atoms with Crippen LogP contribution in [0.3, 0.4) is 0 Å². The van der Waals surface area contributed by atoms with Crippen molar-refractivity contribution in [2.75, 3.05) is 5.32 Å². The van der Waals surface area contributed by atoms with Crippen LogP contribution >= 0.6 is 11.6 Å². The third-order valence-corrected chi connectivity index (χ3v) is 4.42. The average molecular weight is 355 g/mol. The van der Waals surface area contributed by atoms with Crippen LogP contribution in [0.4, 0.5) is 16.2 Å². The van der Waals surface area contributed by atoms with Crippen molar-refractivity contribution >= 4 is 34.9 Å². The van der Waals surface area contributed by atoms with Crippen molar-refractivity contribution in [1.29, 1.82) is 0 Å². The van der Waals surface area contributed by atoms with Crippen LogP contribution < -0.4 is 16.4 Å². The quantitative estimate of drug-likeness (QED) is 0.436. The topological polar surface area (TPSA) is 127 Å². The van der Waals surface area contributed by atoms with E-state index in [4.69, 9.17) is 17.3 Å². The summed E-state index contributed by atoms with van der Waals surface area (Å²) in [5.41, 5.74) is 5.52. The normalized spacial score (nSPS) is 20.7. The first-order valence-electron chi connectivity index (χ1n) is 7.69. The van der Waals surface area contributed by atoms with Crippen LogP contribution in [0.25, 0.3) is 0 Å². The lowest BCUT2D eigenvalue weighted by atomic mass is 9.94. The van der Waals surface area contributed by atoms with Gasteiger partial charge in [0, 0.05) is 18.2 Å². The molecule has 0 radical (unpaired) electrons. The van der Waals surface area contributed by atoms with Gasteiger partial charge in [-0.3, -0.25) is 14.9 Å². The van der Waals surface area contributed by atoms with Gasteiger partial charge in [-0.05, 0) is 18.9 Å². The number of nitrogens with one attached hydrogen (secondary N) is 2. The lowest BCUT2D eigenvalue weighted by Gasteiger charge is -2.23. The smallest absolute Gasteiger partial charge is 0.319 e. The Hall–Kier alpha value is -2.35. The highest BCUT2D eigenvalue weighted by atomic mass is 35.5. The van der Waals surface area contributed by atoms with Crippen LogP contribution in [0.15, 0.2) is 18.2 Å². The van der Waals surface area contributed by atoms with Crippen LogP contribution in [0.1, 0.15) is 32.1 Å². The number of primary amides is 1. The summed E-state index contributed by atoms with van der Waals surface area (Å²) in [5.74, 6) is -0.818. The molecule has 0 bridgehead atoms. The van der Waals surface area contributed by atoms with Crippen LogP contribution in [0.5, 0.6) is 0 Å². The fourth-order valence-electron chi connectivity index (χ4n) is 2.87. The van der Waals surface area contributed by atoms with Gasteiger partial charge in [-0.1, -0.05) is 30.9 Å². The number of nitrogens with zero attached hydrogens (tertiary/aromatic N) is 1. The Balaban J connectivity index is 2.04. The molecule has 2 atom stereocenters. The van der Waals surface area contributed by atoms with Gasteiger partial charge in [-0.2, -0.15) is 0 Å². The Morgan fingerprint density at radius 3 is 2.58 bits per heavy atom. The maximum atomic E-state index is 12.2. The van der Waals surface area contributed by atoms with Crippen LogP contribution in [0.2, 0.25) is 5.02 Å². The van der Waals surface area contributed by atoms with E-state index in [9.17, 15) is 19.7 Å². The highest BCUT2D eigenvalue weighted by Gasteiger charge is 2.29. The van der Waals surface area contributed by atoms with Crippen molar-refractivity contribution in [2.24, 2.45) is 11.7 Å². The second-order valence-corrected chi connectivity index (χ2v) is 6.18. The molecule has 130 valence electrons. The van der Waals surface area contributed by atoms with Crippen molar-refractivity contribution in [3.05, 3.63) is 33.3 Å². The minimum absolute atomic E-state index is 0.0617. The van der Waals surface area contributed by atoms with Gasteiger partial charge in [0.2, 0.25) is 5.91 Å². The Labute approximate surface area is 143 Å². The standard InChI is InChI=1S/C15H19ClN4O4/c16-11-8-9(20(23)24)6-7-13(11)19-15(22)18-12-5-3-1-2-4-10(12)14(17)21/h6-8,10,12H,1-5H2,(H2,17,21)(H2,18,19,22)/t10-,12+/m0/s1. The zero-order valence-corrected chi connectivity index (χ0v) is 13.7. The third-order valence-electron chi connectivity index (χ3n) is 4.11. The number of amides is 3.